The first-order valence-corrected chi connectivity index (χ1v) is 17.3. The normalized spacial score (nSPS) is 11.1. The van der Waals surface area contributed by atoms with Crippen LogP contribution in [0, 0.1) is 0 Å². The van der Waals surface area contributed by atoms with E-state index in [9.17, 15) is 19.5 Å². The van der Waals surface area contributed by atoms with Crippen molar-refractivity contribution in [2.75, 3.05) is 14.2 Å². The molecule has 0 aliphatic rings. The first-order valence-electron chi connectivity index (χ1n) is 17.3. The number of unbranched alkanes of at least 4 members (excludes halogenated alkanes) is 14. The lowest BCUT2D eigenvalue weighted by Gasteiger charge is -2.11. The van der Waals surface area contributed by atoms with E-state index in [-0.39, 0.29) is 36.1 Å². The highest BCUT2D eigenvalue weighted by atomic mass is 16.6. The van der Waals surface area contributed by atoms with Crippen molar-refractivity contribution in [2.24, 2.45) is 0 Å². The lowest BCUT2D eigenvalue weighted by Crippen LogP contribution is -2.09. The number of allylic oxidation sites excluding steroid dienone is 1. The molecule has 7 nitrogen and oxygen atoms in total. The second-order valence-corrected chi connectivity index (χ2v) is 12.1. The molecule has 0 saturated heterocycles. The van der Waals surface area contributed by atoms with E-state index in [4.69, 9.17) is 14.2 Å². The largest absolute Gasteiger partial charge is 0.504 e. The molecule has 2 rings (SSSR count). The van der Waals surface area contributed by atoms with E-state index >= 15 is 0 Å². The smallest absolute Gasteiger partial charge is 0.311 e. The maximum Gasteiger partial charge on any atom is 0.311 e. The number of aryl methyl sites for hydroxylation is 1. The van der Waals surface area contributed by atoms with E-state index < -0.39 is 0 Å². The molecule has 0 bridgehead atoms. The van der Waals surface area contributed by atoms with Crippen molar-refractivity contribution in [1.82, 2.24) is 0 Å². The van der Waals surface area contributed by atoms with Crippen LogP contribution in [0.4, 0.5) is 0 Å². The van der Waals surface area contributed by atoms with Gasteiger partial charge in [0.1, 0.15) is 5.78 Å². The second-order valence-electron chi connectivity index (χ2n) is 12.1. The summed E-state index contributed by atoms with van der Waals surface area (Å²) in [6, 6.07) is 10.0. The number of methoxy groups -OCH3 is 2. The highest BCUT2D eigenvalue weighted by Gasteiger charge is 2.13. The summed E-state index contributed by atoms with van der Waals surface area (Å²) in [5.74, 6) is 0.393. The quantitative estimate of drug-likeness (QED) is 0.0361. The molecular weight excluding hydrogens is 580 g/mol. The third-order valence-electron chi connectivity index (χ3n) is 8.17. The van der Waals surface area contributed by atoms with Gasteiger partial charge in [0.2, 0.25) is 0 Å². The molecule has 0 aliphatic carbocycles. The highest BCUT2D eigenvalue weighted by molar-refractivity contribution is 6.06. The van der Waals surface area contributed by atoms with Crippen LogP contribution in [0.5, 0.6) is 23.0 Å². The van der Waals surface area contributed by atoms with Gasteiger partial charge in [-0.2, -0.15) is 0 Å². The van der Waals surface area contributed by atoms with Crippen molar-refractivity contribution in [3.8, 4) is 23.0 Å². The topological polar surface area (TPSA) is 99.1 Å². The van der Waals surface area contributed by atoms with Crippen LogP contribution in [0.15, 0.2) is 42.5 Å². The number of aromatic hydroxyl groups is 1. The average Bonchev–Trinajstić information content (AvgIpc) is 3.05. The third kappa shape index (κ3) is 16.6. The van der Waals surface area contributed by atoms with Gasteiger partial charge in [-0.05, 0) is 54.3 Å². The number of carbonyl (C=O) groups is 3. The van der Waals surface area contributed by atoms with Crippen LogP contribution in [0.25, 0.3) is 6.08 Å². The maximum atomic E-state index is 12.4. The number of Topliss-reactive ketones (excluding diaryl/α,β-unsaturated/α-hetero) is 1. The Bertz CT molecular complexity index is 1220. The molecule has 0 heterocycles. The number of hydrogen-bond donors (Lipinski definition) is 1. The summed E-state index contributed by atoms with van der Waals surface area (Å²) in [5, 5.41) is 9.69. The zero-order chi connectivity index (χ0) is 33.4. The highest BCUT2D eigenvalue weighted by Crippen LogP contribution is 2.29. The standard InChI is InChI=1S/C39H56O7/c1-4-5-6-7-8-9-10-11-12-13-14-15-16-17-18-19-39(43)46-36-27-23-32(29-38(36)45-3)21-25-34(41)30-33(40)24-20-31-22-26-35(42)37(28-31)44-2/h20,22-24,26-29,42H,4-19,21,25,30H2,1-3H3/b24-20+. The Morgan fingerprint density at radius 2 is 1.26 bits per heavy atom. The van der Waals surface area contributed by atoms with E-state index in [0.29, 0.717) is 35.7 Å². The predicted octanol–water partition coefficient (Wildman–Crippen LogP) is 9.75. The summed E-state index contributed by atoms with van der Waals surface area (Å²) < 4.78 is 16.1. The van der Waals surface area contributed by atoms with E-state index in [1.165, 1.54) is 103 Å². The van der Waals surface area contributed by atoms with Crippen molar-refractivity contribution >= 4 is 23.6 Å². The van der Waals surface area contributed by atoms with Crippen LogP contribution < -0.4 is 14.2 Å². The van der Waals surface area contributed by atoms with E-state index in [1.807, 2.05) is 6.07 Å². The zero-order valence-corrected chi connectivity index (χ0v) is 28.5. The van der Waals surface area contributed by atoms with Crippen LogP contribution in [-0.2, 0) is 20.8 Å². The van der Waals surface area contributed by atoms with Crippen molar-refractivity contribution in [3.05, 3.63) is 53.6 Å². The molecule has 0 aromatic heterocycles. The second kappa shape index (κ2) is 23.7. The molecule has 0 fully saturated rings. The number of rotatable bonds is 26. The average molecular weight is 637 g/mol. The minimum atomic E-state index is -0.300. The minimum absolute atomic E-state index is 0.0133. The molecule has 46 heavy (non-hydrogen) atoms. The van der Waals surface area contributed by atoms with Gasteiger partial charge in [-0.15, -0.1) is 0 Å². The van der Waals surface area contributed by atoms with E-state index in [0.717, 1.165) is 24.8 Å². The number of ether oxygens (including phenoxy) is 3. The number of ketones is 2. The maximum absolute atomic E-state index is 12.4. The molecule has 0 saturated carbocycles. The number of carbonyl (C=O) groups excluding carboxylic acids is 3. The van der Waals surface area contributed by atoms with Gasteiger partial charge in [0, 0.05) is 12.8 Å². The molecule has 0 aliphatic heterocycles. The molecule has 0 amide bonds. The fourth-order valence-electron chi connectivity index (χ4n) is 5.38. The number of hydrogen-bond acceptors (Lipinski definition) is 7. The van der Waals surface area contributed by atoms with Crippen LogP contribution >= 0.6 is 0 Å². The number of benzene rings is 2. The molecule has 0 atom stereocenters. The van der Waals surface area contributed by atoms with Crippen LogP contribution in [0.2, 0.25) is 0 Å². The monoisotopic (exact) mass is 636 g/mol. The SMILES string of the molecule is CCCCCCCCCCCCCCCCCC(=O)Oc1ccc(CCC(=O)CC(=O)/C=C/c2ccc(O)c(OC)c2)cc1OC. The van der Waals surface area contributed by atoms with Crippen molar-refractivity contribution in [1.29, 1.82) is 0 Å². The fraction of sp³-hybridized carbons (Fsp3) is 0.564. The first-order chi connectivity index (χ1) is 22.4. The molecule has 0 radical (unpaired) electrons. The Morgan fingerprint density at radius 3 is 1.85 bits per heavy atom. The molecule has 2 aromatic rings. The summed E-state index contributed by atoms with van der Waals surface area (Å²) in [6.45, 7) is 2.26. The van der Waals surface area contributed by atoms with Gasteiger partial charge in [0.15, 0.2) is 28.8 Å². The summed E-state index contributed by atoms with van der Waals surface area (Å²) in [6.07, 6.45) is 22.9. The molecular formula is C39H56O7. The van der Waals surface area contributed by atoms with Gasteiger partial charge < -0.3 is 19.3 Å². The molecule has 7 heteroatoms. The minimum Gasteiger partial charge on any atom is -0.504 e. The van der Waals surface area contributed by atoms with Crippen LogP contribution in [0.1, 0.15) is 134 Å². The Balaban J connectivity index is 1.60. The van der Waals surface area contributed by atoms with Crippen molar-refractivity contribution in [3.63, 3.8) is 0 Å². The molecule has 1 N–H and O–H groups in total. The van der Waals surface area contributed by atoms with Gasteiger partial charge in [-0.1, -0.05) is 115 Å². The first kappa shape index (κ1) is 38.6. The number of phenols is 1. The zero-order valence-electron chi connectivity index (χ0n) is 28.5. The van der Waals surface area contributed by atoms with Crippen LogP contribution in [-0.4, -0.2) is 36.9 Å². The van der Waals surface area contributed by atoms with Gasteiger partial charge in [0.05, 0.1) is 20.6 Å². The van der Waals surface area contributed by atoms with Gasteiger partial charge >= 0.3 is 5.97 Å². The van der Waals surface area contributed by atoms with Crippen molar-refractivity contribution < 1.29 is 33.7 Å². The predicted molar refractivity (Wildman–Crippen MR) is 185 cm³/mol. The summed E-state index contributed by atoms with van der Waals surface area (Å²) >= 11 is 0. The van der Waals surface area contributed by atoms with E-state index in [1.54, 1.807) is 30.3 Å². The fourth-order valence-corrected chi connectivity index (χ4v) is 5.38. The van der Waals surface area contributed by atoms with Crippen molar-refractivity contribution in [2.45, 2.75) is 129 Å². The summed E-state index contributed by atoms with van der Waals surface area (Å²) in [4.78, 5) is 37.1. The molecule has 0 spiro atoms. The van der Waals surface area contributed by atoms with Gasteiger partial charge in [0.25, 0.3) is 0 Å². The molecule has 0 unspecified atom stereocenters. The summed E-state index contributed by atoms with van der Waals surface area (Å²) in [7, 11) is 2.97. The van der Waals surface area contributed by atoms with E-state index in [2.05, 4.69) is 6.92 Å². The van der Waals surface area contributed by atoms with Crippen LogP contribution in [0.3, 0.4) is 0 Å². The van der Waals surface area contributed by atoms with Gasteiger partial charge in [-0.25, -0.2) is 0 Å². The third-order valence-corrected chi connectivity index (χ3v) is 8.17. The summed E-state index contributed by atoms with van der Waals surface area (Å²) in [5.41, 5.74) is 1.53. The lowest BCUT2D eigenvalue weighted by molar-refractivity contribution is -0.134. The Kier molecular flexibility index (Phi) is 19.9. The number of esters is 1. The lowest BCUT2D eigenvalue weighted by atomic mass is 10.0. The molecule has 2 aromatic carbocycles. The Morgan fingerprint density at radius 1 is 0.674 bits per heavy atom. The Labute approximate surface area is 276 Å². The van der Waals surface area contributed by atoms with Gasteiger partial charge in [-0.3, -0.25) is 14.4 Å². The Hall–Kier alpha value is -3.61. The molecule has 254 valence electrons. The number of phenolic OH excluding ortho intramolecular Hbond substituents is 1.